The van der Waals surface area contributed by atoms with Crippen molar-refractivity contribution < 1.29 is 13.9 Å². The van der Waals surface area contributed by atoms with Crippen LogP contribution in [0.5, 0.6) is 0 Å². The van der Waals surface area contributed by atoms with Gasteiger partial charge >= 0.3 is 0 Å². The quantitative estimate of drug-likeness (QED) is 0.871. The molecule has 0 bridgehead atoms. The highest BCUT2D eigenvalue weighted by atomic mass is 16.5. The van der Waals surface area contributed by atoms with Crippen LogP contribution in [-0.4, -0.2) is 36.6 Å². The van der Waals surface area contributed by atoms with Crippen molar-refractivity contribution in [2.45, 2.75) is 32.2 Å². The lowest BCUT2D eigenvalue weighted by atomic mass is 9.92. The van der Waals surface area contributed by atoms with Crippen molar-refractivity contribution in [3.05, 3.63) is 59.5 Å². The first-order valence-electron chi connectivity index (χ1n) is 8.12. The smallest absolute Gasteiger partial charge is 0.230 e. The van der Waals surface area contributed by atoms with Gasteiger partial charge in [0.2, 0.25) is 5.91 Å². The minimum atomic E-state index is -0.220. The summed E-state index contributed by atoms with van der Waals surface area (Å²) in [5, 5.41) is 0. The van der Waals surface area contributed by atoms with Crippen molar-refractivity contribution in [1.29, 1.82) is 0 Å². The van der Waals surface area contributed by atoms with Gasteiger partial charge in [-0.25, -0.2) is 0 Å². The third-order valence-corrected chi connectivity index (χ3v) is 4.41. The van der Waals surface area contributed by atoms with Crippen molar-refractivity contribution in [3.8, 4) is 0 Å². The average Bonchev–Trinajstić information content (AvgIpc) is 3.07. The summed E-state index contributed by atoms with van der Waals surface area (Å²) in [5.74, 6) is 0.771. The van der Waals surface area contributed by atoms with Gasteiger partial charge in [-0.15, -0.1) is 0 Å². The van der Waals surface area contributed by atoms with Crippen LogP contribution in [-0.2, 0) is 16.0 Å². The highest BCUT2D eigenvalue weighted by Crippen LogP contribution is 2.26. The number of rotatable bonds is 4. The van der Waals surface area contributed by atoms with Gasteiger partial charge in [-0.1, -0.05) is 29.8 Å². The normalized spacial score (nSPS) is 19.6. The molecule has 2 atom stereocenters. The van der Waals surface area contributed by atoms with Gasteiger partial charge in [-0.3, -0.25) is 4.79 Å². The third kappa shape index (κ3) is 3.64. The van der Waals surface area contributed by atoms with E-state index in [1.54, 1.807) is 6.26 Å². The Hall–Kier alpha value is -2.07. The minimum absolute atomic E-state index is 0.112. The first-order chi connectivity index (χ1) is 11.1. The van der Waals surface area contributed by atoms with Gasteiger partial charge in [0.15, 0.2) is 0 Å². The predicted molar refractivity (Wildman–Crippen MR) is 88.3 cm³/mol. The molecule has 122 valence electrons. The summed E-state index contributed by atoms with van der Waals surface area (Å²) in [6.07, 6.45) is 2.24. The molecule has 1 aliphatic rings. The lowest BCUT2D eigenvalue weighted by Crippen LogP contribution is -2.49. The molecular formula is C19H23NO3. The molecular weight excluding hydrogens is 290 g/mol. The van der Waals surface area contributed by atoms with Gasteiger partial charge in [0.05, 0.1) is 31.4 Å². The molecule has 1 aromatic heterocycles. The van der Waals surface area contributed by atoms with Gasteiger partial charge in [0.25, 0.3) is 0 Å². The zero-order valence-electron chi connectivity index (χ0n) is 13.7. The van der Waals surface area contributed by atoms with E-state index in [9.17, 15) is 4.79 Å². The molecule has 1 fully saturated rings. The van der Waals surface area contributed by atoms with E-state index in [1.807, 2.05) is 36.1 Å². The van der Waals surface area contributed by atoms with Crippen LogP contribution >= 0.6 is 0 Å². The van der Waals surface area contributed by atoms with Gasteiger partial charge in [0.1, 0.15) is 5.76 Å². The van der Waals surface area contributed by atoms with E-state index in [-0.39, 0.29) is 17.9 Å². The van der Waals surface area contributed by atoms with E-state index in [0.29, 0.717) is 26.2 Å². The fourth-order valence-corrected chi connectivity index (χ4v) is 3.03. The molecule has 23 heavy (non-hydrogen) atoms. The SMILES string of the molecule is Cc1ccc(C(Cc2ccco2)C(=O)N2CCOCC2C)cc1. The maximum Gasteiger partial charge on any atom is 0.230 e. The number of amides is 1. The first kappa shape index (κ1) is 15.8. The standard InChI is InChI=1S/C19H23NO3/c1-14-5-7-16(8-6-14)18(12-17-4-3-10-23-17)19(21)20-9-11-22-13-15(20)2/h3-8,10,15,18H,9,11-13H2,1-2H3. The van der Waals surface area contributed by atoms with E-state index in [0.717, 1.165) is 11.3 Å². The van der Waals surface area contributed by atoms with Crippen LogP contribution in [0.4, 0.5) is 0 Å². The molecule has 4 nitrogen and oxygen atoms in total. The Morgan fingerprint density at radius 3 is 2.74 bits per heavy atom. The largest absolute Gasteiger partial charge is 0.469 e. The van der Waals surface area contributed by atoms with Crippen LogP contribution in [0, 0.1) is 6.92 Å². The van der Waals surface area contributed by atoms with Crippen LogP contribution in [0.25, 0.3) is 0 Å². The summed E-state index contributed by atoms with van der Waals surface area (Å²) in [4.78, 5) is 15.1. The van der Waals surface area contributed by atoms with Crippen LogP contribution in [0.3, 0.4) is 0 Å². The summed E-state index contributed by atoms with van der Waals surface area (Å²) < 4.78 is 10.9. The molecule has 2 unspecified atom stereocenters. The molecule has 4 heteroatoms. The molecule has 0 aliphatic carbocycles. The number of benzene rings is 1. The Bertz CT molecular complexity index is 633. The number of aryl methyl sites for hydroxylation is 1. The van der Waals surface area contributed by atoms with Gasteiger partial charge in [0, 0.05) is 13.0 Å². The zero-order valence-corrected chi connectivity index (χ0v) is 13.7. The summed E-state index contributed by atoms with van der Waals surface area (Å²) >= 11 is 0. The van der Waals surface area contributed by atoms with Crippen LogP contribution < -0.4 is 0 Å². The van der Waals surface area contributed by atoms with Crippen LogP contribution in [0.2, 0.25) is 0 Å². The van der Waals surface area contributed by atoms with Crippen LogP contribution in [0.1, 0.15) is 29.7 Å². The molecule has 2 heterocycles. The lowest BCUT2D eigenvalue weighted by Gasteiger charge is -2.35. The molecule has 0 spiro atoms. The fraction of sp³-hybridized carbons (Fsp3) is 0.421. The second kappa shape index (κ2) is 7.01. The second-order valence-corrected chi connectivity index (χ2v) is 6.20. The monoisotopic (exact) mass is 313 g/mol. The molecule has 2 aromatic rings. The van der Waals surface area contributed by atoms with Gasteiger partial charge < -0.3 is 14.1 Å². The Morgan fingerprint density at radius 2 is 2.09 bits per heavy atom. The number of furan rings is 1. The fourth-order valence-electron chi connectivity index (χ4n) is 3.03. The summed E-state index contributed by atoms with van der Waals surface area (Å²) in [5.41, 5.74) is 2.23. The molecule has 1 aliphatic heterocycles. The number of carbonyl (C=O) groups is 1. The van der Waals surface area contributed by atoms with E-state index >= 15 is 0 Å². The molecule has 0 saturated carbocycles. The molecule has 0 N–H and O–H groups in total. The minimum Gasteiger partial charge on any atom is -0.469 e. The van der Waals surface area contributed by atoms with E-state index < -0.39 is 0 Å². The highest BCUT2D eigenvalue weighted by Gasteiger charge is 2.31. The molecule has 0 radical (unpaired) electrons. The highest BCUT2D eigenvalue weighted by molar-refractivity contribution is 5.84. The van der Waals surface area contributed by atoms with Crippen LogP contribution in [0.15, 0.2) is 47.1 Å². The number of nitrogens with zero attached hydrogens (tertiary/aromatic N) is 1. The average molecular weight is 313 g/mol. The maximum atomic E-state index is 13.1. The third-order valence-electron chi connectivity index (χ3n) is 4.41. The second-order valence-electron chi connectivity index (χ2n) is 6.20. The Morgan fingerprint density at radius 1 is 1.30 bits per heavy atom. The Balaban J connectivity index is 1.87. The van der Waals surface area contributed by atoms with Crippen molar-refractivity contribution in [3.63, 3.8) is 0 Å². The number of hydrogen-bond donors (Lipinski definition) is 0. The van der Waals surface area contributed by atoms with E-state index in [2.05, 4.69) is 19.1 Å². The maximum absolute atomic E-state index is 13.1. The predicted octanol–water partition coefficient (Wildman–Crippen LogP) is 3.16. The van der Waals surface area contributed by atoms with Crippen molar-refractivity contribution in [1.82, 2.24) is 4.90 Å². The first-order valence-corrected chi connectivity index (χ1v) is 8.12. The number of hydrogen-bond acceptors (Lipinski definition) is 3. The molecule has 1 aromatic carbocycles. The summed E-state index contributed by atoms with van der Waals surface area (Å²) in [7, 11) is 0. The number of morpholine rings is 1. The van der Waals surface area contributed by atoms with Gasteiger partial charge in [-0.05, 0) is 31.5 Å². The molecule has 1 saturated heterocycles. The van der Waals surface area contributed by atoms with Crippen molar-refractivity contribution >= 4 is 5.91 Å². The lowest BCUT2D eigenvalue weighted by molar-refractivity contribution is -0.140. The number of ether oxygens (including phenoxy) is 1. The summed E-state index contributed by atoms with van der Waals surface area (Å²) in [6.45, 7) is 5.96. The molecule has 3 rings (SSSR count). The zero-order chi connectivity index (χ0) is 16.2. The molecule has 1 amide bonds. The summed E-state index contributed by atoms with van der Waals surface area (Å²) in [6, 6.07) is 12.1. The van der Waals surface area contributed by atoms with Crippen molar-refractivity contribution in [2.24, 2.45) is 0 Å². The Kier molecular flexibility index (Phi) is 4.82. The Labute approximate surface area is 137 Å². The van der Waals surface area contributed by atoms with Gasteiger partial charge in [-0.2, -0.15) is 0 Å². The van der Waals surface area contributed by atoms with E-state index in [1.165, 1.54) is 5.56 Å². The topological polar surface area (TPSA) is 42.7 Å². The van der Waals surface area contributed by atoms with E-state index in [4.69, 9.17) is 9.15 Å². The number of carbonyl (C=O) groups excluding carboxylic acids is 1. The van der Waals surface area contributed by atoms with Crippen molar-refractivity contribution in [2.75, 3.05) is 19.8 Å².